The van der Waals surface area contributed by atoms with Crippen LogP contribution in [0.4, 0.5) is 0 Å². The van der Waals surface area contributed by atoms with Crippen LogP contribution in [-0.2, 0) is 19.1 Å². The van der Waals surface area contributed by atoms with Crippen molar-refractivity contribution in [3.63, 3.8) is 0 Å². The van der Waals surface area contributed by atoms with E-state index in [0.29, 0.717) is 12.8 Å². The highest BCUT2D eigenvalue weighted by atomic mass is 16.6. The van der Waals surface area contributed by atoms with Crippen molar-refractivity contribution in [1.29, 1.82) is 0 Å². The summed E-state index contributed by atoms with van der Waals surface area (Å²) in [5.41, 5.74) is 0. The molecule has 0 aromatic carbocycles. The fourth-order valence-corrected chi connectivity index (χ4v) is 6.92. The van der Waals surface area contributed by atoms with Crippen molar-refractivity contribution in [2.75, 3.05) is 13.2 Å². The zero-order chi connectivity index (χ0) is 45.6. The standard InChI is InChI=1S/C58H96O5/c1-3-5-7-9-11-13-15-17-19-21-22-23-24-25-26-27-28-29-30-31-32-33-34-35-36-37-39-41-43-45-47-49-51-53-58(61)63-56(54-59)55-62-57(60)52-50-48-46-44-42-40-38-20-18-16-14-12-10-8-6-4-2/h5,7,11,13,17,19-20,22-23,25-26,28-29,31-32,34-35,38,56,59H,3-4,6,8-10,12,14-16,18,21,24,27,30,33,36-37,39-55H2,1-2H3/b7-5-,13-11-,19-17-,23-22-,26-25-,29-28-,32-31-,35-34-,38-20-. The van der Waals surface area contributed by atoms with Crippen molar-refractivity contribution < 1.29 is 24.2 Å². The first kappa shape index (κ1) is 59.6. The van der Waals surface area contributed by atoms with E-state index >= 15 is 0 Å². The number of hydrogen-bond donors (Lipinski definition) is 1. The molecule has 0 aliphatic rings. The Bertz CT molecular complexity index is 1260. The average Bonchev–Trinajstić information content (AvgIpc) is 3.29. The van der Waals surface area contributed by atoms with Crippen LogP contribution in [0.5, 0.6) is 0 Å². The van der Waals surface area contributed by atoms with Gasteiger partial charge in [-0.3, -0.25) is 9.59 Å². The maximum atomic E-state index is 12.3. The Labute approximate surface area is 389 Å². The molecule has 0 heterocycles. The number of aliphatic hydroxyl groups is 1. The van der Waals surface area contributed by atoms with Crippen LogP contribution < -0.4 is 0 Å². The quantitative estimate of drug-likeness (QED) is 0.0375. The summed E-state index contributed by atoms with van der Waals surface area (Å²) >= 11 is 0. The third-order valence-electron chi connectivity index (χ3n) is 10.8. The van der Waals surface area contributed by atoms with E-state index in [2.05, 4.69) is 123 Å². The second kappa shape index (κ2) is 52.9. The van der Waals surface area contributed by atoms with Gasteiger partial charge in [0.2, 0.25) is 0 Å². The van der Waals surface area contributed by atoms with E-state index in [4.69, 9.17) is 9.47 Å². The summed E-state index contributed by atoms with van der Waals surface area (Å²) < 4.78 is 10.7. The number of unbranched alkanes of at least 4 members (excludes halogenated alkanes) is 20. The third-order valence-corrected chi connectivity index (χ3v) is 10.8. The molecule has 0 radical (unpaired) electrons. The van der Waals surface area contributed by atoms with Crippen molar-refractivity contribution in [1.82, 2.24) is 0 Å². The summed E-state index contributed by atoms with van der Waals surface area (Å²) in [5, 5.41) is 9.62. The van der Waals surface area contributed by atoms with Crippen molar-refractivity contribution >= 4 is 11.9 Å². The molecule has 0 aromatic rings. The van der Waals surface area contributed by atoms with Gasteiger partial charge in [0.1, 0.15) is 6.61 Å². The van der Waals surface area contributed by atoms with Gasteiger partial charge in [-0.25, -0.2) is 0 Å². The number of ether oxygens (including phenoxy) is 2. The molecule has 0 fully saturated rings. The van der Waals surface area contributed by atoms with Crippen LogP contribution in [0, 0.1) is 0 Å². The van der Waals surface area contributed by atoms with Gasteiger partial charge in [0, 0.05) is 12.8 Å². The lowest BCUT2D eigenvalue weighted by Gasteiger charge is -2.15. The highest BCUT2D eigenvalue weighted by molar-refractivity contribution is 5.70. The molecule has 358 valence electrons. The van der Waals surface area contributed by atoms with Gasteiger partial charge in [-0.1, -0.05) is 220 Å². The lowest BCUT2D eigenvalue weighted by Crippen LogP contribution is -2.28. The molecule has 1 N–H and O–H groups in total. The van der Waals surface area contributed by atoms with Gasteiger partial charge < -0.3 is 14.6 Å². The zero-order valence-corrected chi connectivity index (χ0v) is 40.8. The van der Waals surface area contributed by atoms with E-state index in [1.165, 1.54) is 96.3 Å². The number of hydrogen-bond acceptors (Lipinski definition) is 5. The number of aliphatic hydroxyl groups excluding tert-OH is 1. The normalized spacial score (nSPS) is 13.1. The second-order valence-electron chi connectivity index (χ2n) is 16.9. The first-order chi connectivity index (χ1) is 31.1. The van der Waals surface area contributed by atoms with Crippen molar-refractivity contribution in [3.05, 3.63) is 109 Å². The fraction of sp³-hybridized carbons (Fsp3) is 0.655. The van der Waals surface area contributed by atoms with Crippen LogP contribution in [0.2, 0.25) is 0 Å². The molecular formula is C58H96O5. The van der Waals surface area contributed by atoms with Gasteiger partial charge in [-0.05, 0) is 103 Å². The van der Waals surface area contributed by atoms with Gasteiger partial charge in [-0.2, -0.15) is 0 Å². The highest BCUT2D eigenvalue weighted by Gasteiger charge is 2.16. The van der Waals surface area contributed by atoms with E-state index < -0.39 is 6.10 Å². The smallest absolute Gasteiger partial charge is 0.306 e. The maximum absolute atomic E-state index is 12.3. The first-order valence-corrected chi connectivity index (χ1v) is 25.9. The lowest BCUT2D eigenvalue weighted by molar-refractivity contribution is -0.161. The van der Waals surface area contributed by atoms with Crippen LogP contribution in [0.1, 0.15) is 226 Å². The minimum absolute atomic E-state index is 0.0785. The molecule has 63 heavy (non-hydrogen) atoms. The van der Waals surface area contributed by atoms with Crippen LogP contribution in [0.15, 0.2) is 109 Å². The van der Waals surface area contributed by atoms with Crippen molar-refractivity contribution in [2.45, 2.75) is 232 Å². The van der Waals surface area contributed by atoms with E-state index in [0.717, 1.165) is 103 Å². The molecule has 0 rings (SSSR count). The minimum atomic E-state index is -0.786. The van der Waals surface area contributed by atoms with Gasteiger partial charge >= 0.3 is 11.9 Å². The Morgan fingerprint density at radius 3 is 1.05 bits per heavy atom. The van der Waals surface area contributed by atoms with Gasteiger partial charge in [0.15, 0.2) is 6.10 Å². The Kier molecular flexibility index (Phi) is 50.0. The van der Waals surface area contributed by atoms with E-state index in [-0.39, 0.29) is 25.2 Å². The summed E-state index contributed by atoms with van der Waals surface area (Å²) in [7, 11) is 0. The molecule has 0 saturated carbocycles. The lowest BCUT2D eigenvalue weighted by atomic mass is 10.1. The third kappa shape index (κ3) is 51.1. The van der Waals surface area contributed by atoms with Gasteiger partial charge in [0.25, 0.3) is 0 Å². The van der Waals surface area contributed by atoms with Crippen LogP contribution in [0.25, 0.3) is 0 Å². The van der Waals surface area contributed by atoms with Crippen molar-refractivity contribution in [3.8, 4) is 0 Å². The fourth-order valence-electron chi connectivity index (χ4n) is 6.92. The van der Waals surface area contributed by atoms with Crippen LogP contribution in [-0.4, -0.2) is 36.4 Å². The maximum Gasteiger partial charge on any atom is 0.306 e. The summed E-state index contributed by atoms with van der Waals surface area (Å²) in [6.07, 6.45) is 76.1. The predicted octanol–water partition coefficient (Wildman–Crippen LogP) is 17.4. The largest absolute Gasteiger partial charge is 0.462 e. The second-order valence-corrected chi connectivity index (χ2v) is 16.9. The molecule has 0 aliphatic heterocycles. The summed E-state index contributed by atoms with van der Waals surface area (Å²) in [6.45, 7) is 4.01. The summed E-state index contributed by atoms with van der Waals surface area (Å²) in [4.78, 5) is 24.4. The molecule has 5 heteroatoms. The number of allylic oxidation sites excluding steroid dienone is 18. The molecule has 0 saturated heterocycles. The van der Waals surface area contributed by atoms with Crippen LogP contribution in [0.3, 0.4) is 0 Å². The zero-order valence-electron chi connectivity index (χ0n) is 40.8. The Morgan fingerprint density at radius 2 is 0.683 bits per heavy atom. The molecule has 0 amide bonds. The number of carbonyl (C=O) groups excluding carboxylic acids is 2. The number of rotatable bonds is 46. The van der Waals surface area contributed by atoms with Crippen molar-refractivity contribution in [2.24, 2.45) is 0 Å². The highest BCUT2D eigenvalue weighted by Crippen LogP contribution is 2.13. The van der Waals surface area contributed by atoms with Gasteiger partial charge in [0.05, 0.1) is 6.61 Å². The molecule has 0 aromatic heterocycles. The molecule has 0 bridgehead atoms. The van der Waals surface area contributed by atoms with E-state index in [9.17, 15) is 14.7 Å². The molecular weight excluding hydrogens is 777 g/mol. The average molecular weight is 873 g/mol. The van der Waals surface area contributed by atoms with E-state index in [1.54, 1.807) is 0 Å². The summed E-state index contributed by atoms with van der Waals surface area (Å²) in [5.74, 6) is -0.614. The number of carbonyl (C=O) groups is 2. The molecule has 5 nitrogen and oxygen atoms in total. The molecule has 0 aliphatic carbocycles. The number of esters is 2. The predicted molar refractivity (Wildman–Crippen MR) is 274 cm³/mol. The molecule has 1 atom stereocenters. The Balaban J connectivity index is 3.60. The Hall–Kier alpha value is -3.44. The first-order valence-electron chi connectivity index (χ1n) is 25.9. The monoisotopic (exact) mass is 873 g/mol. The topological polar surface area (TPSA) is 72.8 Å². The van der Waals surface area contributed by atoms with E-state index in [1.807, 2.05) is 0 Å². The summed E-state index contributed by atoms with van der Waals surface area (Å²) in [6, 6.07) is 0. The Morgan fingerprint density at radius 1 is 0.381 bits per heavy atom. The molecule has 1 unspecified atom stereocenters. The van der Waals surface area contributed by atoms with Crippen LogP contribution >= 0.6 is 0 Å². The molecule has 0 spiro atoms. The minimum Gasteiger partial charge on any atom is -0.462 e. The SMILES string of the molecule is CC/C=C\C/C=C\C/C=C\C/C=C\C/C=C\C/C=C\C/C=C\C/C=C\CCCCCCCCCCC(=O)OC(CO)COC(=O)CCCCCCC/C=C\CCCCCCCCC. The van der Waals surface area contributed by atoms with Gasteiger partial charge in [-0.15, -0.1) is 0 Å².